The predicted octanol–water partition coefficient (Wildman–Crippen LogP) is 3.23. The lowest BCUT2D eigenvalue weighted by molar-refractivity contribution is -0.139. The first-order valence-electron chi connectivity index (χ1n) is 9.81. The lowest BCUT2D eigenvalue weighted by Gasteiger charge is -2.53. The Hall–Kier alpha value is -1.00. The van der Waals surface area contributed by atoms with E-state index in [1.165, 1.54) is 5.57 Å². The Morgan fingerprint density at radius 1 is 1.20 bits per heavy atom. The second kappa shape index (κ2) is 4.45. The van der Waals surface area contributed by atoms with Crippen molar-refractivity contribution in [2.24, 2.45) is 23.2 Å². The molecule has 3 aliphatic carbocycles. The smallest absolute Gasteiger partial charge is 0.185 e. The topological polar surface area (TPSA) is 59.2 Å². The van der Waals surface area contributed by atoms with Crippen LogP contribution < -0.4 is 0 Å². The van der Waals surface area contributed by atoms with Gasteiger partial charge in [-0.2, -0.15) is 0 Å². The summed E-state index contributed by atoms with van der Waals surface area (Å²) in [7, 11) is 0. The average Bonchev–Trinajstić information content (AvgIpc) is 3.41. The average molecular weight is 344 g/mol. The van der Waals surface area contributed by atoms with Crippen molar-refractivity contribution >= 4 is 11.6 Å². The number of fused-ring (bicyclic) bond motifs is 1. The van der Waals surface area contributed by atoms with Gasteiger partial charge < -0.3 is 9.47 Å². The molecule has 0 radical (unpaired) electrons. The number of rotatable bonds is 2. The Balaban J connectivity index is 1.61. The van der Waals surface area contributed by atoms with Crippen LogP contribution in [0.1, 0.15) is 60.3 Å². The van der Waals surface area contributed by atoms with E-state index in [1.807, 2.05) is 0 Å². The highest BCUT2D eigenvalue weighted by Crippen LogP contribution is 2.78. The van der Waals surface area contributed by atoms with E-state index in [-0.39, 0.29) is 35.2 Å². The number of allylic oxidation sites excluding steroid dienone is 2. The van der Waals surface area contributed by atoms with Gasteiger partial charge in [0.25, 0.3) is 0 Å². The van der Waals surface area contributed by atoms with E-state index < -0.39 is 11.2 Å². The molecule has 0 aromatic heterocycles. The number of epoxide rings is 2. The van der Waals surface area contributed by atoms with Gasteiger partial charge in [0.2, 0.25) is 0 Å². The van der Waals surface area contributed by atoms with E-state index >= 15 is 0 Å². The molecule has 4 fully saturated rings. The van der Waals surface area contributed by atoms with Crippen LogP contribution in [-0.2, 0) is 19.1 Å². The Bertz CT molecular complexity index is 736. The highest BCUT2D eigenvalue weighted by molar-refractivity contribution is 5.98. The van der Waals surface area contributed by atoms with Gasteiger partial charge in [0.15, 0.2) is 17.2 Å². The van der Waals surface area contributed by atoms with Crippen LogP contribution in [-0.4, -0.2) is 35.0 Å². The summed E-state index contributed by atoms with van der Waals surface area (Å²) < 4.78 is 12.7. The molecule has 0 N–H and O–H groups in total. The van der Waals surface area contributed by atoms with Gasteiger partial charge in [0.1, 0.15) is 5.60 Å². The van der Waals surface area contributed by atoms with Crippen molar-refractivity contribution in [2.45, 2.75) is 83.7 Å². The number of ether oxygens (including phenoxy) is 2. The van der Waals surface area contributed by atoms with Gasteiger partial charge in [0.05, 0.1) is 12.2 Å². The van der Waals surface area contributed by atoms with Crippen molar-refractivity contribution in [1.82, 2.24) is 0 Å². The first-order chi connectivity index (χ1) is 11.7. The van der Waals surface area contributed by atoms with Crippen LogP contribution in [0, 0.1) is 23.2 Å². The van der Waals surface area contributed by atoms with Gasteiger partial charge in [-0.3, -0.25) is 9.59 Å². The van der Waals surface area contributed by atoms with Gasteiger partial charge in [-0.05, 0) is 56.9 Å². The molecule has 2 heterocycles. The van der Waals surface area contributed by atoms with Gasteiger partial charge in [-0.1, -0.05) is 26.3 Å². The van der Waals surface area contributed by atoms with E-state index in [9.17, 15) is 9.59 Å². The maximum Gasteiger partial charge on any atom is 0.185 e. The Morgan fingerprint density at radius 3 is 2.56 bits per heavy atom. The molecular weight excluding hydrogens is 316 g/mol. The van der Waals surface area contributed by atoms with E-state index in [0.29, 0.717) is 11.7 Å². The number of Topliss-reactive ketones (excluding diaryl/α,β-unsaturated/α-hetero) is 2. The molecule has 2 saturated heterocycles. The molecule has 5 rings (SSSR count). The van der Waals surface area contributed by atoms with Gasteiger partial charge in [-0.25, -0.2) is 0 Å². The summed E-state index contributed by atoms with van der Waals surface area (Å²) in [6, 6.07) is 0. The summed E-state index contributed by atoms with van der Waals surface area (Å²) in [5, 5.41) is 0. The highest BCUT2D eigenvalue weighted by Gasteiger charge is 2.93. The molecule has 4 nitrogen and oxygen atoms in total. The third-order valence-electron chi connectivity index (χ3n) is 8.36. The summed E-state index contributed by atoms with van der Waals surface area (Å²) >= 11 is 0. The number of hydrogen-bond acceptors (Lipinski definition) is 4. The van der Waals surface area contributed by atoms with Crippen molar-refractivity contribution in [2.75, 3.05) is 0 Å². The monoisotopic (exact) mass is 344 g/mol. The van der Waals surface area contributed by atoms with Crippen LogP contribution >= 0.6 is 0 Å². The lowest BCUT2D eigenvalue weighted by atomic mass is 9.47. The first-order valence-corrected chi connectivity index (χ1v) is 9.81. The first kappa shape index (κ1) is 16.2. The maximum absolute atomic E-state index is 13.4. The maximum atomic E-state index is 13.4. The summed E-state index contributed by atoms with van der Waals surface area (Å²) in [6.45, 7) is 10.3. The van der Waals surface area contributed by atoms with Crippen LogP contribution in [0.5, 0.6) is 0 Å². The number of carbonyl (C=O) groups excluding carboxylic acids is 2. The minimum absolute atomic E-state index is 0.0223. The molecule has 4 heteroatoms. The van der Waals surface area contributed by atoms with Crippen LogP contribution in [0.25, 0.3) is 0 Å². The molecule has 1 unspecified atom stereocenters. The molecule has 0 aromatic carbocycles. The minimum Gasteiger partial charge on any atom is -0.362 e. The van der Waals surface area contributed by atoms with Crippen molar-refractivity contribution < 1.29 is 19.1 Å². The SMILES string of the molecule is CC(=O)C1=C(C)C2C[C@@H]3O[C@@]34C(=O)[C@H](C(C)C)C[C@@H]3O[C@@]34[C@@]2(C)CC1. The van der Waals surface area contributed by atoms with E-state index in [2.05, 4.69) is 27.7 Å². The Morgan fingerprint density at radius 2 is 1.92 bits per heavy atom. The molecular formula is C21H28O4. The van der Waals surface area contributed by atoms with Crippen LogP contribution in [0.2, 0.25) is 0 Å². The zero-order valence-corrected chi connectivity index (χ0v) is 15.8. The molecule has 0 bridgehead atoms. The van der Waals surface area contributed by atoms with E-state index in [1.54, 1.807) is 6.92 Å². The normalized spacial score (nSPS) is 53.0. The van der Waals surface area contributed by atoms with Gasteiger partial charge in [0, 0.05) is 11.3 Å². The van der Waals surface area contributed by atoms with Crippen molar-refractivity contribution in [3.63, 3.8) is 0 Å². The van der Waals surface area contributed by atoms with Crippen LogP contribution in [0.15, 0.2) is 11.1 Å². The van der Waals surface area contributed by atoms with Crippen molar-refractivity contribution in [1.29, 1.82) is 0 Å². The minimum atomic E-state index is -0.690. The molecule has 0 amide bonds. The van der Waals surface area contributed by atoms with E-state index in [4.69, 9.17) is 9.47 Å². The van der Waals surface area contributed by atoms with Gasteiger partial charge >= 0.3 is 0 Å². The number of carbonyl (C=O) groups is 2. The second-order valence-electron chi connectivity index (χ2n) is 9.56. The fourth-order valence-corrected chi connectivity index (χ4v) is 6.97. The summed E-state index contributed by atoms with van der Waals surface area (Å²) in [5.74, 6) is 1.16. The van der Waals surface area contributed by atoms with Crippen molar-refractivity contribution in [3.05, 3.63) is 11.1 Å². The molecule has 2 spiro atoms. The number of ketones is 2. The lowest BCUT2D eigenvalue weighted by Crippen LogP contribution is -2.65. The van der Waals surface area contributed by atoms with Crippen LogP contribution in [0.3, 0.4) is 0 Å². The zero-order valence-electron chi connectivity index (χ0n) is 15.8. The molecule has 25 heavy (non-hydrogen) atoms. The molecule has 0 aromatic rings. The second-order valence-corrected chi connectivity index (χ2v) is 9.56. The molecule has 7 atom stereocenters. The van der Waals surface area contributed by atoms with Gasteiger partial charge in [-0.15, -0.1) is 0 Å². The van der Waals surface area contributed by atoms with Crippen molar-refractivity contribution in [3.8, 4) is 0 Å². The summed E-state index contributed by atoms with van der Waals surface area (Å²) in [6.07, 6.45) is 3.52. The predicted molar refractivity (Wildman–Crippen MR) is 92.0 cm³/mol. The quantitative estimate of drug-likeness (QED) is 0.722. The summed E-state index contributed by atoms with van der Waals surface area (Å²) in [5.41, 5.74) is 0.966. The highest BCUT2D eigenvalue weighted by atomic mass is 16.7. The third-order valence-corrected chi connectivity index (χ3v) is 8.36. The third kappa shape index (κ3) is 1.55. The molecule has 2 aliphatic heterocycles. The number of hydrogen-bond donors (Lipinski definition) is 0. The zero-order chi connectivity index (χ0) is 17.9. The molecule has 5 aliphatic rings. The fraction of sp³-hybridized carbons (Fsp3) is 0.810. The fourth-order valence-electron chi connectivity index (χ4n) is 6.97. The van der Waals surface area contributed by atoms with Crippen LogP contribution in [0.4, 0.5) is 0 Å². The molecule has 2 saturated carbocycles. The Labute approximate surface area is 149 Å². The summed E-state index contributed by atoms with van der Waals surface area (Å²) in [4.78, 5) is 25.4. The largest absolute Gasteiger partial charge is 0.362 e. The van der Waals surface area contributed by atoms with E-state index in [0.717, 1.165) is 31.3 Å². The molecule has 136 valence electrons. The Kier molecular flexibility index (Phi) is 2.88. The standard InChI is InChI=1S/C21H28O4/c1-10(2)14-8-17-21(25-17)19(5)7-6-13(12(4)22)11(3)15(19)9-16-20(21,24-16)18(14)23/h10,14-17H,6-9H2,1-5H3/t14-,15?,16-,17-,19-,20+,21+/m0/s1.